The Morgan fingerprint density at radius 1 is 1.31 bits per heavy atom. The van der Waals surface area contributed by atoms with E-state index in [-0.39, 0.29) is 6.10 Å². The number of aliphatic hydroxyl groups excluding tert-OH is 1. The van der Waals surface area contributed by atoms with Gasteiger partial charge in [-0.2, -0.15) is 0 Å². The Morgan fingerprint density at radius 3 is 2.38 bits per heavy atom. The minimum absolute atomic E-state index is 0.336. The van der Waals surface area contributed by atoms with E-state index in [1.54, 1.807) is 0 Å². The molecular weight excluding hydrogens is 166 g/mol. The molecule has 0 saturated carbocycles. The van der Waals surface area contributed by atoms with Gasteiger partial charge in [0.1, 0.15) is 12.6 Å². The standard InChI is InChI=1S/C10H24NO2/c1-5-6-7-13-9-10(12)8-11(2,3)4/h10,12H,5-9H2,1-4H3/q+1. The van der Waals surface area contributed by atoms with E-state index in [1.165, 1.54) is 0 Å². The average molecular weight is 190 g/mol. The number of rotatable bonds is 7. The van der Waals surface area contributed by atoms with Crippen molar-refractivity contribution in [3.8, 4) is 0 Å². The molecule has 0 aliphatic rings. The lowest BCUT2D eigenvalue weighted by Crippen LogP contribution is -2.43. The highest BCUT2D eigenvalue weighted by molar-refractivity contribution is 4.50. The lowest BCUT2D eigenvalue weighted by atomic mass is 10.3. The zero-order valence-electron chi connectivity index (χ0n) is 9.42. The van der Waals surface area contributed by atoms with Crippen molar-refractivity contribution in [3.63, 3.8) is 0 Å². The first-order chi connectivity index (χ1) is 5.95. The Labute approximate surface area is 81.9 Å². The summed E-state index contributed by atoms with van der Waals surface area (Å²) in [5.41, 5.74) is 0. The minimum atomic E-state index is -0.336. The van der Waals surface area contributed by atoms with Gasteiger partial charge in [0.15, 0.2) is 0 Å². The summed E-state index contributed by atoms with van der Waals surface area (Å²) in [6, 6.07) is 0. The molecule has 0 aromatic carbocycles. The first-order valence-electron chi connectivity index (χ1n) is 5.02. The van der Waals surface area contributed by atoms with Gasteiger partial charge in [0.05, 0.1) is 27.7 Å². The predicted octanol–water partition coefficient (Wildman–Crippen LogP) is 0.870. The van der Waals surface area contributed by atoms with Crippen molar-refractivity contribution < 1.29 is 14.3 Å². The van der Waals surface area contributed by atoms with E-state index < -0.39 is 0 Å². The van der Waals surface area contributed by atoms with Crippen molar-refractivity contribution in [2.75, 3.05) is 40.9 Å². The second kappa shape index (κ2) is 6.35. The van der Waals surface area contributed by atoms with Crippen molar-refractivity contribution >= 4 is 0 Å². The molecule has 0 aromatic rings. The number of ether oxygens (including phenoxy) is 1. The highest BCUT2D eigenvalue weighted by atomic mass is 16.5. The van der Waals surface area contributed by atoms with Gasteiger partial charge in [-0.15, -0.1) is 0 Å². The van der Waals surface area contributed by atoms with E-state index in [4.69, 9.17) is 4.74 Å². The highest BCUT2D eigenvalue weighted by Gasteiger charge is 2.14. The van der Waals surface area contributed by atoms with Gasteiger partial charge in [0.25, 0.3) is 0 Å². The van der Waals surface area contributed by atoms with Crippen molar-refractivity contribution in [1.82, 2.24) is 0 Å². The molecule has 13 heavy (non-hydrogen) atoms. The van der Waals surface area contributed by atoms with E-state index in [1.807, 2.05) is 0 Å². The molecule has 0 aliphatic carbocycles. The van der Waals surface area contributed by atoms with Gasteiger partial charge in [-0.25, -0.2) is 0 Å². The van der Waals surface area contributed by atoms with E-state index >= 15 is 0 Å². The minimum Gasteiger partial charge on any atom is -0.385 e. The molecule has 0 fully saturated rings. The lowest BCUT2D eigenvalue weighted by Gasteiger charge is -2.26. The maximum absolute atomic E-state index is 9.54. The van der Waals surface area contributed by atoms with Crippen LogP contribution in [0.5, 0.6) is 0 Å². The number of aliphatic hydroxyl groups is 1. The summed E-state index contributed by atoms with van der Waals surface area (Å²) in [6.07, 6.45) is 1.89. The zero-order chi connectivity index (χ0) is 10.3. The van der Waals surface area contributed by atoms with Crippen LogP contribution in [0.3, 0.4) is 0 Å². The summed E-state index contributed by atoms with van der Waals surface area (Å²) >= 11 is 0. The van der Waals surface area contributed by atoms with Crippen LogP contribution in [-0.4, -0.2) is 56.6 Å². The predicted molar refractivity (Wildman–Crippen MR) is 54.6 cm³/mol. The summed E-state index contributed by atoms with van der Waals surface area (Å²) in [5.74, 6) is 0. The summed E-state index contributed by atoms with van der Waals surface area (Å²) < 4.78 is 6.10. The van der Waals surface area contributed by atoms with Gasteiger partial charge >= 0.3 is 0 Å². The van der Waals surface area contributed by atoms with Gasteiger partial charge in [0, 0.05) is 6.61 Å². The number of nitrogens with zero attached hydrogens (tertiary/aromatic N) is 1. The van der Waals surface area contributed by atoms with Crippen LogP contribution in [0.4, 0.5) is 0 Å². The molecule has 1 unspecified atom stereocenters. The fourth-order valence-electron chi connectivity index (χ4n) is 1.15. The third-order valence-corrected chi connectivity index (χ3v) is 1.71. The molecule has 0 rings (SSSR count). The number of likely N-dealkylation sites (N-methyl/N-ethyl adjacent to an activating group) is 1. The Balaban J connectivity index is 3.35. The molecule has 3 nitrogen and oxygen atoms in total. The fourth-order valence-corrected chi connectivity index (χ4v) is 1.15. The second-order valence-electron chi connectivity index (χ2n) is 4.56. The molecule has 0 bridgehead atoms. The van der Waals surface area contributed by atoms with Gasteiger partial charge < -0.3 is 14.3 Å². The van der Waals surface area contributed by atoms with Gasteiger partial charge in [-0.05, 0) is 6.42 Å². The zero-order valence-corrected chi connectivity index (χ0v) is 9.42. The topological polar surface area (TPSA) is 29.5 Å². The van der Waals surface area contributed by atoms with Crippen molar-refractivity contribution in [3.05, 3.63) is 0 Å². The molecule has 0 aromatic heterocycles. The van der Waals surface area contributed by atoms with Crippen molar-refractivity contribution in [1.29, 1.82) is 0 Å². The molecule has 0 aliphatic heterocycles. The molecule has 0 heterocycles. The largest absolute Gasteiger partial charge is 0.385 e. The van der Waals surface area contributed by atoms with Crippen LogP contribution >= 0.6 is 0 Å². The molecule has 3 heteroatoms. The summed E-state index contributed by atoms with van der Waals surface area (Å²) in [5, 5.41) is 9.54. The van der Waals surface area contributed by atoms with E-state index in [0.717, 1.165) is 30.5 Å². The number of hydrogen-bond donors (Lipinski definition) is 1. The summed E-state index contributed by atoms with van der Waals surface area (Å²) in [7, 11) is 6.19. The van der Waals surface area contributed by atoms with Crippen LogP contribution in [-0.2, 0) is 4.74 Å². The summed E-state index contributed by atoms with van der Waals surface area (Å²) in [6.45, 7) is 4.11. The molecule has 0 radical (unpaired) electrons. The molecule has 0 spiro atoms. The molecule has 0 amide bonds. The SMILES string of the molecule is CCCCOCC(O)C[N+](C)(C)C. The molecule has 80 valence electrons. The third-order valence-electron chi connectivity index (χ3n) is 1.71. The van der Waals surface area contributed by atoms with Crippen LogP contribution < -0.4 is 0 Å². The van der Waals surface area contributed by atoms with Crippen molar-refractivity contribution in [2.24, 2.45) is 0 Å². The Kier molecular flexibility index (Phi) is 6.29. The maximum atomic E-state index is 9.54. The van der Waals surface area contributed by atoms with Gasteiger partial charge in [-0.1, -0.05) is 13.3 Å². The molecule has 1 N–H and O–H groups in total. The normalized spacial score (nSPS) is 14.5. The number of quaternary nitrogens is 1. The summed E-state index contributed by atoms with van der Waals surface area (Å²) in [4.78, 5) is 0. The Hall–Kier alpha value is -0.120. The smallest absolute Gasteiger partial charge is 0.126 e. The molecule has 0 saturated heterocycles. The quantitative estimate of drug-likeness (QED) is 0.477. The van der Waals surface area contributed by atoms with Gasteiger partial charge in [0.2, 0.25) is 0 Å². The van der Waals surface area contributed by atoms with E-state index in [0.29, 0.717) is 6.61 Å². The van der Waals surface area contributed by atoms with Crippen LogP contribution in [0.2, 0.25) is 0 Å². The van der Waals surface area contributed by atoms with E-state index in [2.05, 4.69) is 28.1 Å². The number of hydrogen-bond acceptors (Lipinski definition) is 2. The molecule has 1 atom stereocenters. The van der Waals surface area contributed by atoms with Crippen LogP contribution in [0.15, 0.2) is 0 Å². The second-order valence-corrected chi connectivity index (χ2v) is 4.56. The Bertz CT molecular complexity index is 121. The van der Waals surface area contributed by atoms with Gasteiger partial charge in [-0.3, -0.25) is 0 Å². The lowest BCUT2D eigenvalue weighted by molar-refractivity contribution is -0.873. The Morgan fingerprint density at radius 2 is 1.92 bits per heavy atom. The molecular formula is C10H24NO2+. The van der Waals surface area contributed by atoms with Crippen LogP contribution in [0.25, 0.3) is 0 Å². The van der Waals surface area contributed by atoms with Crippen LogP contribution in [0.1, 0.15) is 19.8 Å². The average Bonchev–Trinajstić information content (AvgIpc) is 1.94. The fraction of sp³-hybridized carbons (Fsp3) is 1.00. The highest BCUT2D eigenvalue weighted by Crippen LogP contribution is 1.96. The van der Waals surface area contributed by atoms with Crippen molar-refractivity contribution in [2.45, 2.75) is 25.9 Å². The van der Waals surface area contributed by atoms with E-state index in [9.17, 15) is 5.11 Å². The number of unbranched alkanes of at least 4 members (excludes halogenated alkanes) is 1. The monoisotopic (exact) mass is 190 g/mol. The maximum Gasteiger partial charge on any atom is 0.126 e. The first kappa shape index (κ1) is 12.9. The third kappa shape index (κ3) is 9.80. The first-order valence-corrected chi connectivity index (χ1v) is 5.02. The van der Waals surface area contributed by atoms with Crippen LogP contribution in [0, 0.1) is 0 Å².